The van der Waals surface area contributed by atoms with Crippen molar-refractivity contribution in [2.45, 2.75) is 32.2 Å². The first-order valence-corrected chi connectivity index (χ1v) is 8.92. The van der Waals surface area contributed by atoms with Crippen molar-refractivity contribution in [2.75, 3.05) is 5.32 Å². The summed E-state index contributed by atoms with van der Waals surface area (Å²) >= 11 is 0. The maximum absolute atomic E-state index is 12.5. The molecule has 26 heavy (non-hydrogen) atoms. The number of carbonyl (C=O) groups is 1. The van der Waals surface area contributed by atoms with Gasteiger partial charge in [0.2, 0.25) is 5.95 Å². The Labute approximate surface area is 153 Å². The average molecular weight is 343 g/mol. The van der Waals surface area contributed by atoms with Gasteiger partial charge in [-0.1, -0.05) is 60.2 Å². The van der Waals surface area contributed by atoms with Crippen LogP contribution in [0, 0.1) is 6.92 Å². The highest BCUT2D eigenvalue weighted by Gasteiger charge is 2.28. The van der Waals surface area contributed by atoms with E-state index in [1.807, 2.05) is 18.2 Å². The van der Waals surface area contributed by atoms with E-state index in [4.69, 9.17) is 0 Å². The second-order valence-corrected chi connectivity index (χ2v) is 6.83. The van der Waals surface area contributed by atoms with Crippen LogP contribution in [0.2, 0.25) is 0 Å². The lowest BCUT2D eigenvalue weighted by molar-refractivity contribution is 0.0962. The average Bonchev–Trinajstić information content (AvgIpc) is 2.67. The monoisotopic (exact) mass is 343 g/mol. The second kappa shape index (κ2) is 7.08. The van der Waals surface area contributed by atoms with Crippen molar-refractivity contribution in [2.24, 2.45) is 0 Å². The number of nitrogens with one attached hydrogen (secondary N) is 1. The number of aromatic nitrogens is 2. The molecular weight excluding hydrogens is 322 g/mol. The van der Waals surface area contributed by atoms with Crippen molar-refractivity contribution in [1.82, 2.24) is 9.97 Å². The first-order valence-electron chi connectivity index (χ1n) is 8.92. The lowest BCUT2D eigenvalue weighted by atomic mass is 9.82. The van der Waals surface area contributed by atoms with E-state index in [0.29, 0.717) is 24.5 Å². The number of Topliss-reactive ketones (excluding diaryl/α,β-unsaturated/α-hetero) is 1. The molecule has 2 aromatic carbocycles. The number of anilines is 1. The molecule has 130 valence electrons. The molecule has 0 aliphatic heterocycles. The molecule has 0 radical (unpaired) electrons. The van der Waals surface area contributed by atoms with Crippen molar-refractivity contribution < 1.29 is 4.79 Å². The summed E-state index contributed by atoms with van der Waals surface area (Å²) in [5, 5.41) is 3.25. The van der Waals surface area contributed by atoms with Gasteiger partial charge in [-0.25, -0.2) is 9.97 Å². The summed E-state index contributed by atoms with van der Waals surface area (Å²) in [6, 6.07) is 18.6. The first kappa shape index (κ1) is 16.5. The molecule has 1 atom stereocenters. The molecule has 1 N–H and O–H groups in total. The Morgan fingerprint density at radius 2 is 1.81 bits per heavy atom. The Bertz CT molecular complexity index is 920. The zero-order chi connectivity index (χ0) is 17.9. The van der Waals surface area contributed by atoms with Crippen molar-refractivity contribution >= 4 is 11.7 Å². The van der Waals surface area contributed by atoms with Gasteiger partial charge in [-0.2, -0.15) is 0 Å². The van der Waals surface area contributed by atoms with Crippen LogP contribution >= 0.6 is 0 Å². The third-order valence-electron chi connectivity index (χ3n) is 4.88. The molecule has 0 unspecified atom stereocenters. The number of hydrogen-bond acceptors (Lipinski definition) is 4. The van der Waals surface area contributed by atoms with Crippen molar-refractivity contribution in [3.8, 4) is 0 Å². The molecule has 3 aromatic rings. The van der Waals surface area contributed by atoms with E-state index in [9.17, 15) is 4.79 Å². The molecule has 0 fully saturated rings. The number of aryl methyl sites for hydroxylation is 1. The third-order valence-corrected chi connectivity index (χ3v) is 4.88. The summed E-state index contributed by atoms with van der Waals surface area (Å²) in [5.41, 5.74) is 5.11. The van der Waals surface area contributed by atoms with Gasteiger partial charge >= 0.3 is 0 Å². The quantitative estimate of drug-likeness (QED) is 0.767. The van der Waals surface area contributed by atoms with Crippen LogP contribution in [0.5, 0.6) is 0 Å². The number of hydrogen-bond donors (Lipinski definition) is 1. The Morgan fingerprint density at radius 3 is 2.58 bits per heavy atom. The maximum atomic E-state index is 12.5. The van der Waals surface area contributed by atoms with Gasteiger partial charge in [0.1, 0.15) is 0 Å². The second-order valence-electron chi connectivity index (χ2n) is 6.83. The van der Waals surface area contributed by atoms with E-state index in [1.165, 1.54) is 16.7 Å². The Morgan fingerprint density at radius 1 is 1.04 bits per heavy atom. The number of carbonyl (C=O) groups excluding carboxylic acids is 1. The number of fused-ring (bicyclic) bond motifs is 1. The van der Waals surface area contributed by atoms with Gasteiger partial charge in [0.15, 0.2) is 5.78 Å². The highest BCUT2D eigenvalue weighted by Crippen LogP contribution is 2.32. The van der Waals surface area contributed by atoms with Gasteiger partial charge in [0.25, 0.3) is 0 Å². The molecule has 0 amide bonds. The minimum absolute atomic E-state index is 0.131. The van der Waals surface area contributed by atoms with Crippen molar-refractivity contribution in [3.63, 3.8) is 0 Å². The largest absolute Gasteiger partial charge is 0.350 e. The Kier molecular flexibility index (Phi) is 4.48. The number of rotatable bonds is 4. The Balaban J connectivity index is 1.53. The standard InChI is InChI=1S/C22H21N3O/c1-15-7-9-17(10-8-15)18-11-20-19(21(26)12-18)14-24-22(25-20)23-13-16-5-3-2-4-6-16/h2-10,14,18H,11-13H2,1H3,(H,23,24,25)/t18-/m0/s1. The molecule has 4 heteroatoms. The van der Waals surface area contributed by atoms with Crippen LogP contribution in [0.3, 0.4) is 0 Å². The van der Waals surface area contributed by atoms with Gasteiger partial charge in [-0.15, -0.1) is 0 Å². The number of nitrogens with zero attached hydrogens (tertiary/aromatic N) is 2. The summed E-state index contributed by atoms with van der Waals surface area (Å²) in [5.74, 6) is 0.892. The van der Waals surface area contributed by atoms with Crippen LogP contribution < -0.4 is 5.32 Å². The molecule has 4 rings (SSSR count). The van der Waals surface area contributed by atoms with Crippen LogP contribution in [0.4, 0.5) is 5.95 Å². The molecule has 1 heterocycles. The van der Waals surface area contributed by atoms with E-state index >= 15 is 0 Å². The molecule has 0 spiro atoms. The van der Waals surface area contributed by atoms with Crippen LogP contribution in [0.15, 0.2) is 60.8 Å². The smallest absolute Gasteiger partial charge is 0.223 e. The molecule has 4 nitrogen and oxygen atoms in total. The fourth-order valence-electron chi connectivity index (χ4n) is 3.38. The van der Waals surface area contributed by atoms with Gasteiger partial charge in [-0.3, -0.25) is 4.79 Å². The van der Waals surface area contributed by atoms with E-state index < -0.39 is 0 Å². The molecule has 1 aliphatic rings. The molecule has 0 bridgehead atoms. The zero-order valence-corrected chi connectivity index (χ0v) is 14.8. The SMILES string of the molecule is Cc1ccc([C@@H]2CC(=O)c3cnc(NCc4ccccc4)nc3C2)cc1. The van der Waals surface area contributed by atoms with Crippen LogP contribution in [-0.2, 0) is 13.0 Å². The van der Waals surface area contributed by atoms with Crippen LogP contribution in [0.25, 0.3) is 0 Å². The lowest BCUT2D eigenvalue weighted by Crippen LogP contribution is -2.21. The predicted octanol–water partition coefficient (Wildman–Crippen LogP) is 4.31. The third kappa shape index (κ3) is 3.49. The van der Waals surface area contributed by atoms with Gasteiger partial charge < -0.3 is 5.32 Å². The summed E-state index contributed by atoms with van der Waals surface area (Å²) in [6.07, 6.45) is 2.96. The van der Waals surface area contributed by atoms with Crippen molar-refractivity contribution in [1.29, 1.82) is 0 Å². The van der Waals surface area contributed by atoms with E-state index in [-0.39, 0.29) is 11.7 Å². The molecule has 0 saturated carbocycles. The zero-order valence-electron chi connectivity index (χ0n) is 14.8. The highest BCUT2D eigenvalue weighted by molar-refractivity contribution is 5.98. The fraction of sp³-hybridized carbons (Fsp3) is 0.227. The highest BCUT2D eigenvalue weighted by atomic mass is 16.1. The molecule has 0 saturated heterocycles. The van der Waals surface area contributed by atoms with Crippen LogP contribution in [0.1, 0.15) is 45.1 Å². The molecular formula is C22H21N3O. The summed E-state index contributed by atoms with van der Waals surface area (Å²) < 4.78 is 0. The van der Waals surface area contributed by atoms with E-state index in [0.717, 1.165) is 12.1 Å². The minimum atomic E-state index is 0.131. The number of ketones is 1. The molecule has 1 aromatic heterocycles. The van der Waals surface area contributed by atoms with Gasteiger partial charge in [0, 0.05) is 19.2 Å². The van der Waals surface area contributed by atoms with E-state index in [1.54, 1.807) is 6.20 Å². The van der Waals surface area contributed by atoms with Crippen LogP contribution in [-0.4, -0.2) is 15.8 Å². The summed E-state index contributed by atoms with van der Waals surface area (Å²) in [6.45, 7) is 2.73. The lowest BCUT2D eigenvalue weighted by Gasteiger charge is -2.23. The Hall–Kier alpha value is -3.01. The van der Waals surface area contributed by atoms with E-state index in [2.05, 4.69) is 58.6 Å². The summed E-state index contributed by atoms with van der Waals surface area (Å²) in [4.78, 5) is 21.5. The van der Waals surface area contributed by atoms with Gasteiger partial charge in [-0.05, 0) is 30.4 Å². The normalized spacial score (nSPS) is 16.2. The first-order chi connectivity index (χ1) is 12.7. The number of benzene rings is 2. The fourth-order valence-corrected chi connectivity index (χ4v) is 3.38. The minimum Gasteiger partial charge on any atom is -0.350 e. The topological polar surface area (TPSA) is 54.9 Å². The summed E-state index contributed by atoms with van der Waals surface area (Å²) in [7, 11) is 0. The maximum Gasteiger partial charge on any atom is 0.223 e. The predicted molar refractivity (Wildman–Crippen MR) is 102 cm³/mol. The molecule has 1 aliphatic carbocycles. The van der Waals surface area contributed by atoms with Crippen molar-refractivity contribution in [3.05, 3.63) is 88.7 Å². The van der Waals surface area contributed by atoms with Gasteiger partial charge in [0.05, 0.1) is 11.3 Å².